The summed E-state index contributed by atoms with van der Waals surface area (Å²) in [5.74, 6) is 0. The van der Waals surface area contributed by atoms with Gasteiger partial charge in [-0.3, -0.25) is 0 Å². The van der Waals surface area contributed by atoms with Crippen LogP contribution >= 0.6 is 0 Å². The highest BCUT2D eigenvalue weighted by molar-refractivity contribution is 5.67. The second-order valence-corrected chi connectivity index (χ2v) is 5.28. The molecule has 2 rings (SSSR count). The van der Waals surface area contributed by atoms with Crippen LogP contribution in [0.2, 0.25) is 0 Å². The highest BCUT2D eigenvalue weighted by atomic mass is 16.6. The molecule has 1 saturated heterocycles. The van der Waals surface area contributed by atoms with Crippen molar-refractivity contribution in [2.45, 2.75) is 38.8 Å². The summed E-state index contributed by atoms with van der Waals surface area (Å²) in [5.41, 5.74) is 1.03. The summed E-state index contributed by atoms with van der Waals surface area (Å²) in [6, 6.07) is 10.2. The maximum atomic E-state index is 12.1. The third-order valence-corrected chi connectivity index (χ3v) is 3.62. The van der Waals surface area contributed by atoms with Gasteiger partial charge in [0.2, 0.25) is 0 Å². The number of carbonyl (C=O) groups is 1. The van der Waals surface area contributed by atoms with Crippen LogP contribution in [0.1, 0.15) is 31.7 Å². The molecule has 0 bridgehead atoms. The number of hydrogen-bond acceptors (Lipinski definition) is 3. The maximum absolute atomic E-state index is 12.1. The van der Waals surface area contributed by atoms with Gasteiger partial charge >= 0.3 is 6.09 Å². The molecule has 1 aliphatic heterocycles. The van der Waals surface area contributed by atoms with Crippen LogP contribution in [0.4, 0.5) is 4.79 Å². The van der Waals surface area contributed by atoms with Gasteiger partial charge in [-0.1, -0.05) is 50.1 Å². The summed E-state index contributed by atoms with van der Waals surface area (Å²) in [7, 11) is 0. The van der Waals surface area contributed by atoms with Gasteiger partial charge in [0, 0.05) is 25.7 Å². The molecule has 1 atom stereocenters. The number of unbranched alkanes of at least 4 members (excludes halogenated alkanes) is 1. The second-order valence-electron chi connectivity index (χ2n) is 5.28. The molecule has 1 unspecified atom stereocenters. The summed E-state index contributed by atoms with van der Waals surface area (Å²) in [5, 5.41) is 3.46. The molecule has 20 heavy (non-hydrogen) atoms. The first-order chi connectivity index (χ1) is 9.79. The van der Waals surface area contributed by atoms with Gasteiger partial charge in [-0.25, -0.2) is 4.79 Å². The number of piperazine rings is 1. The molecule has 0 aromatic heterocycles. The summed E-state index contributed by atoms with van der Waals surface area (Å²) >= 11 is 0. The van der Waals surface area contributed by atoms with Crippen molar-refractivity contribution in [2.75, 3.05) is 19.6 Å². The number of ether oxygens (including phenoxy) is 1. The van der Waals surface area contributed by atoms with Crippen molar-refractivity contribution in [3.63, 3.8) is 0 Å². The Bertz CT molecular complexity index is 408. The Balaban J connectivity index is 1.77. The van der Waals surface area contributed by atoms with E-state index in [4.69, 9.17) is 4.74 Å². The topological polar surface area (TPSA) is 41.6 Å². The zero-order chi connectivity index (χ0) is 14.2. The van der Waals surface area contributed by atoms with E-state index in [2.05, 4.69) is 12.2 Å². The Hall–Kier alpha value is -1.55. The summed E-state index contributed by atoms with van der Waals surface area (Å²) in [6.07, 6.45) is 3.32. The zero-order valence-corrected chi connectivity index (χ0v) is 12.2. The van der Waals surface area contributed by atoms with Gasteiger partial charge in [0.15, 0.2) is 0 Å². The number of benzene rings is 1. The second kappa shape index (κ2) is 7.90. The highest BCUT2D eigenvalue weighted by Gasteiger charge is 2.23. The van der Waals surface area contributed by atoms with Gasteiger partial charge in [0.05, 0.1) is 0 Å². The first kappa shape index (κ1) is 14.9. The molecule has 0 saturated carbocycles. The third kappa shape index (κ3) is 4.53. The van der Waals surface area contributed by atoms with Crippen LogP contribution < -0.4 is 5.32 Å². The molecule has 4 heteroatoms. The van der Waals surface area contributed by atoms with Crippen molar-refractivity contribution in [3.05, 3.63) is 35.9 Å². The minimum atomic E-state index is -0.197. The first-order valence-corrected chi connectivity index (χ1v) is 7.48. The fourth-order valence-corrected chi connectivity index (χ4v) is 2.45. The van der Waals surface area contributed by atoms with Crippen molar-refractivity contribution in [1.29, 1.82) is 0 Å². The molecule has 0 radical (unpaired) electrons. The molecular weight excluding hydrogens is 252 g/mol. The number of carbonyl (C=O) groups excluding carboxylic acids is 1. The fraction of sp³-hybridized carbons (Fsp3) is 0.562. The number of rotatable bonds is 5. The smallest absolute Gasteiger partial charge is 0.410 e. The van der Waals surface area contributed by atoms with Gasteiger partial charge in [0.25, 0.3) is 0 Å². The van der Waals surface area contributed by atoms with Crippen LogP contribution in [-0.4, -0.2) is 36.7 Å². The van der Waals surface area contributed by atoms with Crippen LogP contribution in [0.25, 0.3) is 0 Å². The lowest BCUT2D eigenvalue weighted by Crippen LogP contribution is -2.52. The Morgan fingerprint density at radius 3 is 2.95 bits per heavy atom. The largest absolute Gasteiger partial charge is 0.445 e. The molecule has 1 amide bonds. The van der Waals surface area contributed by atoms with E-state index in [-0.39, 0.29) is 6.09 Å². The first-order valence-electron chi connectivity index (χ1n) is 7.48. The zero-order valence-electron chi connectivity index (χ0n) is 12.2. The molecule has 1 fully saturated rings. The van der Waals surface area contributed by atoms with Crippen LogP contribution in [-0.2, 0) is 11.3 Å². The van der Waals surface area contributed by atoms with E-state index in [1.54, 1.807) is 0 Å². The van der Waals surface area contributed by atoms with Crippen LogP contribution in [0.5, 0.6) is 0 Å². The molecule has 1 aromatic carbocycles. The van der Waals surface area contributed by atoms with Crippen molar-refractivity contribution < 1.29 is 9.53 Å². The summed E-state index contributed by atoms with van der Waals surface area (Å²) in [4.78, 5) is 13.9. The Kier molecular flexibility index (Phi) is 5.87. The van der Waals surface area contributed by atoms with Gasteiger partial charge in [-0.05, 0) is 12.0 Å². The number of hydrogen-bond donors (Lipinski definition) is 1. The monoisotopic (exact) mass is 276 g/mol. The molecule has 4 nitrogen and oxygen atoms in total. The molecular formula is C16H24N2O2. The fourth-order valence-electron chi connectivity index (χ4n) is 2.45. The number of nitrogens with one attached hydrogen (secondary N) is 1. The van der Waals surface area contributed by atoms with E-state index in [9.17, 15) is 4.79 Å². The third-order valence-electron chi connectivity index (χ3n) is 3.62. The van der Waals surface area contributed by atoms with E-state index in [1.807, 2.05) is 35.2 Å². The van der Waals surface area contributed by atoms with Crippen molar-refractivity contribution in [3.8, 4) is 0 Å². The lowest BCUT2D eigenvalue weighted by molar-refractivity contribution is 0.0840. The molecule has 0 aliphatic carbocycles. The van der Waals surface area contributed by atoms with Crippen molar-refractivity contribution >= 4 is 6.09 Å². The molecule has 110 valence electrons. The Morgan fingerprint density at radius 2 is 2.20 bits per heavy atom. The van der Waals surface area contributed by atoms with Crippen LogP contribution in [0.15, 0.2) is 30.3 Å². The van der Waals surface area contributed by atoms with E-state index in [1.165, 1.54) is 12.8 Å². The number of amides is 1. The van der Waals surface area contributed by atoms with E-state index >= 15 is 0 Å². The van der Waals surface area contributed by atoms with Gasteiger partial charge in [-0.2, -0.15) is 0 Å². The molecule has 0 spiro atoms. The average molecular weight is 276 g/mol. The number of nitrogens with zero attached hydrogens (tertiary/aromatic N) is 1. The molecule has 1 aliphatic rings. The molecule has 1 heterocycles. The SMILES string of the molecule is CCCCC1CN(C(=O)OCc2ccccc2)CCN1. The molecule has 1 aromatic rings. The predicted octanol–water partition coefficient (Wildman–Crippen LogP) is 2.79. The van der Waals surface area contributed by atoms with Crippen molar-refractivity contribution in [1.82, 2.24) is 10.2 Å². The van der Waals surface area contributed by atoms with Crippen LogP contribution in [0, 0.1) is 0 Å². The lowest BCUT2D eigenvalue weighted by atomic mass is 10.1. The maximum Gasteiger partial charge on any atom is 0.410 e. The average Bonchev–Trinajstić information content (AvgIpc) is 2.52. The highest BCUT2D eigenvalue weighted by Crippen LogP contribution is 2.09. The standard InChI is InChI=1S/C16H24N2O2/c1-2-3-9-15-12-18(11-10-17-15)16(19)20-13-14-7-5-4-6-8-14/h4-8,15,17H,2-3,9-13H2,1H3. The lowest BCUT2D eigenvalue weighted by Gasteiger charge is -2.33. The summed E-state index contributed by atoms with van der Waals surface area (Å²) < 4.78 is 5.38. The van der Waals surface area contributed by atoms with E-state index in [0.29, 0.717) is 12.6 Å². The van der Waals surface area contributed by atoms with E-state index in [0.717, 1.165) is 31.6 Å². The molecule has 1 N–H and O–H groups in total. The summed E-state index contributed by atoms with van der Waals surface area (Å²) in [6.45, 7) is 4.89. The predicted molar refractivity (Wildman–Crippen MR) is 79.5 cm³/mol. The minimum Gasteiger partial charge on any atom is -0.445 e. The van der Waals surface area contributed by atoms with Crippen molar-refractivity contribution in [2.24, 2.45) is 0 Å². The van der Waals surface area contributed by atoms with Gasteiger partial charge < -0.3 is 15.0 Å². The van der Waals surface area contributed by atoms with Gasteiger partial charge in [0.1, 0.15) is 6.61 Å². The van der Waals surface area contributed by atoms with E-state index < -0.39 is 0 Å². The quantitative estimate of drug-likeness (QED) is 0.899. The Morgan fingerprint density at radius 1 is 1.40 bits per heavy atom. The van der Waals surface area contributed by atoms with Crippen LogP contribution in [0.3, 0.4) is 0 Å². The minimum absolute atomic E-state index is 0.197. The van der Waals surface area contributed by atoms with Gasteiger partial charge in [-0.15, -0.1) is 0 Å². The normalized spacial score (nSPS) is 18.9. The Labute approximate surface area is 121 Å².